The van der Waals surface area contributed by atoms with Crippen molar-refractivity contribution in [2.75, 3.05) is 13.2 Å². The first-order valence-corrected chi connectivity index (χ1v) is 14.9. The Morgan fingerprint density at radius 3 is 2.26 bits per heavy atom. The molecule has 42 heavy (non-hydrogen) atoms. The SMILES string of the molecule is Fc1ccc(C2(CCNCc3ccccc3-c3ccncc3)CCOC3(CCCC3)C2)cc1.O=C(O)c1ccccc1. The molecule has 3 aromatic carbocycles. The van der Waals surface area contributed by atoms with Crippen LogP contribution in [0, 0.1) is 5.82 Å². The van der Waals surface area contributed by atoms with Crippen LogP contribution < -0.4 is 5.32 Å². The fraction of sp³-hybridized carbons (Fsp3) is 0.333. The summed E-state index contributed by atoms with van der Waals surface area (Å²) in [6.07, 6.45) is 11.6. The number of pyridine rings is 1. The minimum atomic E-state index is -0.879. The van der Waals surface area contributed by atoms with E-state index in [2.05, 4.69) is 46.7 Å². The molecule has 0 radical (unpaired) electrons. The molecule has 0 bridgehead atoms. The minimum absolute atomic E-state index is 0.0145. The van der Waals surface area contributed by atoms with Gasteiger partial charge in [0.2, 0.25) is 0 Å². The Hall–Kier alpha value is -3.87. The number of aromatic nitrogens is 1. The first-order valence-electron chi connectivity index (χ1n) is 14.9. The summed E-state index contributed by atoms with van der Waals surface area (Å²) >= 11 is 0. The van der Waals surface area contributed by atoms with E-state index in [4.69, 9.17) is 9.84 Å². The molecule has 5 nitrogen and oxygen atoms in total. The Morgan fingerprint density at radius 2 is 1.57 bits per heavy atom. The molecular weight excluding hydrogens is 527 g/mol. The second-order valence-electron chi connectivity index (χ2n) is 11.4. The zero-order chi connectivity index (χ0) is 29.3. The van der Waals surface area contributed by atoms with Crippen molar-refractivity contribution in [2.24, 2.45) is 0 Å². The highest BCUT2D eigenvalue weighted by molar-refractivity contribution is 5.87. The molecule has 1 saturated carbocycles. The van der Waals surface area contributed by atoms with Crippen LogP contribution in [0.5, 0.6) is 0 Å². The number of carboxylic acid groups (broad SMARTS) is 1. The first-order chi connectivity index (χ1) is 20.5. The number of nitrogens with one attached hydrogen (secondary N) is 1. The van der Waals surface area contributed by atoms with Crippen LogP contribution in [0.1, 0.15) is 66.4 Å². The van der Waals surface area contributed by atoms with Crippen LogP contribution >= 0.6 is 0 Å². The van der Waals surface area contributed by atoms with Gasteiger partial charge in [0.25, 0.3) is 0 Å². The van der Waals surface area contributed by atoms with Crippen molar-refractivity contribution in [3.05, 3.63) is 126 Å². The monoisotopic (exact) mass is 566 g/mol. The van der Waals surface area contributed by atoms with Crippen molar-refractivity contribution in [2.45, 2.75) is 62.5 Å². The van der Waals surface area contributed by atoms with E-state index in [1.54, 1.807) is 42.5 Å². The number of hydrogen-bond donors (Lipinski definition) is 2. The Labute approximate surface area is 247 Å². The standard InChI is InChI=1S/C29H33FN2O.C7H6O2/c30-26-9-7-25(8-10-26)28(16-20-33-29(22-28)13-3-4-14-29)15-19-32-21-24-5-1-2-6-27(24)23-11-17-31-18-12-23;8-7(9)6-4-2-1-3-5-6/h1-2,5-12,17-18,32H,3-4,13-16,19-22H2;1-5H,(H,8,9). The van der Waals surface area contributed by atoms with Gasteiger partial charge in [-0.2, -0.15) is 0 Å². The van der Waals surface area contributed by atoms with Gasteiger partial charge in [-0.3, -0.25) is 4.98 Å². The van der Waals surface area contributed by atoms with Crippen molar-refractivity contribution in [3.63, 3.8) is 0 Å². The van der Waals surface area contributed by atoms with Crippen molar-refractivity contribution in [1.29, 1.82) is 0 Å². The van der Waals surface area contributed by atoms with E-state index in [0.717, 1.165) is 51.8 Å². The third kappa shape index (κ3) is 7.30. The molecule has 2 fully saturated rings. The van der Waals surface area contributed by atoms with Crippen LogP contribution in [0.25, 0.3) is 11.1 Å². The summed E-state index contributed by atoms with van der Waals surface area (Å²) in [5.74, 6) is -1.04. The lowest BCUT2D eigenvalue weighted by Crippen LogP contribution is -2.47. The van der Waals surface area contributed by atoms with Crippen LogP contribution in [-0.2, 0) is 16.7 Å². The molecule has 1 aliphatic heterocycles. The molecular formula is C36H39FN2O3. The van der Waals surface area contributed by atoms with Gasteiger partial charge in [-0.05, 0) is 97.3 Å². The molecule has 6 heteroatoms. The summed E-state index contributed by atoms with van der Waals surface area (Å²) in [4.78, 5) is 14.4. The molecule has 2 aliphatic rings. The number of carboxylic acids is 1. The van der Waals surface area contributed by atoms with E-state index < -0.39 is 5.97 Å². The largest absolute Gasteiger partial charge is 0.478 e. The normalized spacial score (nSPS) is 19.2. The lowest BCUT2D eigenvalue weighted by atomic mass is 9.66. The van der Waals surface area contributed by atoms with Gasteiger partial charge >= 0.3 is 5.97 Å². The maximum Gasteiger partial charge on any atom is 0.335 e. The number of nitrogens with zero attached hydrogens (tertiary/aromatic N) is 1. The first kappa shape index (κ1) is 29.6. The molecule has 1 unspecified atom stereocenters. The molecule has 218 valence electrons. The van der Waals surface area contributed by atoms with Crippen molar-refractivity contribution >= 4 is 5.97 Å². The quantitative estimate of drug-likeness (QED) is 0.213. The second-order valence-corrected chi connectivity index (χ2v) is 11.4. The average Bonchev–Trinajstić information content (AvgIpc) is 3.48. The highest BCUT2D eigenvalue weighted by Crippen LogP contribution is 2.50. The minimum Gasteiger partial charge on any atom is -0.478 e. The average molecular weight is 567 g/mol. The Balaban J connectivity index is 0.000000336. The van der Waals surface area contributed by atoms with Crippen LogP contribution in [0.3, 0.4) is 0 Å². The topological polar surface area (TPSA) is 71.5 Å². The Bertz CT molecular complexity index is 1420. The van der Waals surface area contributed by atoms with Crippen LogP contribution in [0.4, 0.5) is 4.39 Å². The second kappa shape index (κ2) is 13.9. The van der Waals surface area contributed by atoms with Gasteiger partial charge in [-0.1, -0.05) is 67.4 Å². The summed E-state index contributed by atoms with van der Waals surface area (Å²) in [6.45, 7) is 2.53. The zero-order valence-corrected chi connectivity index (χ0v) is 24.0. The van der Waals surface area contributed by atoms with Crippen molar-refractivity contribution in [1.82, 2.24) is 10.3 Å². The fourth-order valence-electron chi connectivity index (χ4n) is 6.59. The molecule has 1 aliphatic carbocycles. The fourth-order valence-corrected chi connectivity index (χ4v) is 6.59. The molecule has 0 amide bonds. The number of ether oxygens (including phenoxy) is 1. The molecule has 6 rings (SSSR count). The van der Waals surface area contributed by atoms with Crippen LogP contribution in [-0.4, -0.2) is 34.8 Å². The lowest BCUT2D eigenvalue weighted by Gasteiger charge is -2.47. The molecule has 1 atom stereocenters. The molecule has 2 heterocycles. The third-order valence-corrected chi connectivity index (χ3v) is 8.75. The van der Waals surface area contributed by atoms with Crippen molar-refractivity contribution in [3.8, 4) is 11.1 Å². The third-order valence-electron chi connectivity index (χ3n) is 8.75. The smallest absolute Gasteiger partial charge is 0.335 e. The zero-order valence-electron chi connectivity index (χ0n) is 24.0. The summed E-state index contributed by atoms with van der Waals surface area (Å²) in [5, 5.41) is 12.1. The summed E-state index contributed by atoms with van der Waals surface area (Å²) in [7, 11) is 0. The van der Waals surface area contributed by atoms with Crippen LogP contribution in [0.15, 0.2) is 103 Å². The van der Waals surface area contributed by atoms with Gasteiger partial charge in [0.15, 0.2) is 0 Å². The van der Waals surface area contributed by atoms with Gasteiger partial charge < -0.3 is 15.2 Å². The predicted octanol–water partition coefficient (Wildman–Crippen LogP) is 7.81. The van der Waals surface area contributed by atoms with E-state index in [9.17, 15) is 9.18 Å². The summed E-state index contributed by atoms with van der Waals surface area (Å²) < 4.78 is 20.1. The maximum atomic E-state index is 13.7. The molecule has 1 saturated heterocycles. The van der Waals surface area contributed by atoms with E-state index in [0.29, 0.717) is 5.56 Å². The van der Waals surface area contributed by atoms with E-state index in [-0.39, 0.29) is 16.8 Å². The predicted molar refractivity (Wildman–Crippen MR) is 164 cm³/mol. The number of aromatic carboxylic acids is 1. The van der Waals surface area contributed by atoms with Gasteiger partial charge in [0.1, 0.15) is 5.82 Å². The number of rotatable bonds is 8. The van der Waals surface area contributed by atoms with E-state index in [1.165, 1.54) is 35.1 Å². The van der Waals surface area contributed by atoms with E-state index >= 15 is 0 Å². The molecule has 4 aromatic rings. The van der Waals surface area contributed by atoms with E-state index in [1.807, 2.05) is 24.5 Å². The number of halogens is 1. The van der Waals surface area contributed by atoms with Gasteiger partial charge in [-0.25, -0.2) is 9.18 Å². The lowest BCUT2D eigenvalue weighted by molar-refractivity contribution is -0.103. The number of hydrogen-bond acceptors (Lipinski definition) is 4. The van der Waals surface area contributed by atoms with Crippen molar-refractivity contribution < 1.29 is 19.0 Å². The molecule has 2 N–H and O–H groups in total. The highest BCUT2D eigenvalue weighted by Gasteiger charge is 2.47. The summed E-state index contributed by atoms with van der Waals surface area (Å²) in [6, 6.07) is 28.2. The summed E-state index contributed by atoms with van der Waals surface area (Å²) in [5.41, 5.74) is 5.37. The molecule has 1 spiro atoms. The van der Waals surface area contributed by atoms with Crippen LogP contribution in [0.2, 0.25) is 0 Å². The molecule has 1 aromatic heterocycles. The Morgan fingerprint density at radius 1 is 0.881 bits per heavy atom. The number of benzene rings is 3. The highest BCUT2D eigenvalue weighted by atomic mass is 19.1. The maximum absolute atomic E-state index is 13.7. The van der Waals surface area contributed by atoms with Gasteiger partial charge in [0.05, 0.1) is 11.2 Å². The number of carbonyl (C=O) groups is 1. The Kier molecular flexibility index (Phi) is 9.78. The van der Waals surface area contributed by atoms with Gasteiger partial charge in [-0.15, -0.1) is 0 Å². The van der Waals surface area contributed by atoms with Gasteiger partial charge in [0, 0.05) is 31.0 Å².